The van der Waals surface area contributed by atoms with Gasteiger partial charge in [0.25, 0.3) is 0 Å². The monoisotopic (exact) mass is 312 g/mol. The van der Waals surface area contributed by atoms with Gasteiger partial charge < -0.3 is 15.7 Å². The standard InChI is InChI=1S/C13H10F2N2O3S/c14-9-3-8(12(18)19)11(4-10(9)15)17-13(20)16-5-7-1-2-21-6-7/h1-4,6H,5H2,(H,18,19)(H2,16,17,20). The molecular weight excluding hydrogens is 302 g/mol. The molecule has 0 aliphatic carbocycles. The molecule has 21 heavy (non-hydrogen) atoms. The molecule has 0 aliphatic heterocycles. The number of aromatic carboxylic acids is 1. The predicted octanol–water partition coefficient (Wildman–Crippen LogP) is 3.05. The highest BCUT2D eigenvalue weighted by Crippen LogP contribution is 2.20. The van der Waals surface area contributed by atoms with Gasteiger partial charge in [0.1, 0.15) is 0 Å². The van der Waals surface area contributed by atoms with Gasteiger partial charge in [-0.05, 0) is 28.5 Å². The van der Waals surface area contributed by atoms with Crippen molar-refractivity contribution in [2.24, 2.45) is 0 Å². The summed E-state index contributed by atoms with van der Waals surface area (Å²) in [5, 5.41) is 17.3. The van der Waals surface area contributed by atoms with E-state index in [2.05, 4.69) is 10.6 Å². The molecule has 2 amide bonds. The molecule has 1 aromatic carbocycles. The van der Waals surface area contributed by atoms with E-state index in [1.807, 2.05) is 16.8 Å². The number of carbonyl (C=O) groups excluding carboxylic acids is 1. The Balaban J connectivity index is 2.09. The number of carbonyl (C=O) groups is 2. The van der Waals surface area contributed by atoms with Crippen molar-refractivity contribution >= 4 is 29.0 Å². The first-order valence-electron chi connectivity index (χ1n) is 5.75. The molecule has 1 aromatic heterocycles. The average molecular weight is 312 g/mol. The highest BCUT2D eigenvalue weighted by atomic mass is 32.1. The molecule has 0 saturated carbocycles. The van der Waals surface area contributed by atoms with Crippen molar-refractivity contribution in [3.8, 4) is 0 Å². The summed E-state index contributed by atoms with van der Waals surface area (Å²) in [6, 6.07) is 2.25. The summed E-state index contributed by atoms with van der Waals surface area (Å²) in [7, 11) is 0. The van der Waals surface area contributed by atoms with Gasteiger partial charge in [-0.2, -0.15) is 11.3 Å². The average Bonchev–Trinajstić information content (AvgIpc) is 2.93. The van der Waals surface area contributed by atoms with E-state index in [1.165, 1.54) is 11.3 Å². The maximum atomic E-state index is 13.1. The second-order valence-corrected chi connectivity index (χ2v) is 4.84. The predicted molar refractivity (Wildman–Crippen MR) is 73.5 cm³/mol. The third-order valence-corrected chi connectivity index (χ3v) is 3.30. The Bertz CT molecular complexity index is 674. The molecular formula is C13H10F2N2O3S. The number of carboxylic acids is 1. The van der Waals surface area contributed by atoms with Crippen molar-refractivity contribution in [3.63, 3.8) is 0 Å². The smallest absolute Gasteiger partial charge is 0.337 e. The molecule has 0 bridgehead atoms. The number of urea groups is 1. The quantitative estimate of drug-likeness (QED) is 0.812. The third-order valence-electron chi connectivity index (χ3n) is 2.57. The van der Waals surface area contributed by atoms with Crippen molar-refractivity contribution in [1.29, 1.82) is 0 Å². The van der Waals surface area contributed by atoms with Gasteiger partial charge in [-0.25, -0.2) is 18.4 Å². The summed E-state index contributed by atoms with van der Waals surface area (Å²) in [5.41, 5.74) is 0.0303. The van der Waals surface area contributed by atoms with Crippen molar-refractivity contribution in [2.45, 2.75) is 6.54 Å². The lowest BCUT2D eigenvalue weighted by Gasteiger charge is -2.10. The van der Waals surface area contributed by atoms with Crippen molar-refractivity contribution in [1.82, 2.24) is 5.32 Å². The minimum Gasteiger partial charge on any atom is -0.478 e. The van der Waals surface area contributed by atoms with Crippen LogP contribution in [0.4, 0.5) is 19.3 Å². The van der Waals surface area contributed by atoms with E-state index in [9.17, 15) is 18.4 Å². The molecule has 110 valence electrons. The molecule has 0 atom stereocenters. The molecule has 0 radical (unpaired) electrons. The first-order valence-corrected chi connectivity index (χ1v) is 6.70. The third kappa shape index (κ3) is 3.76. The summed E-state index contributed by atoms with van der Waals surface area (Å²) < 4.78 is 26.2. The maximum Gasteiger partial charge on any atom is 0.337 e. The highest BCUT2D eigenvalue weighted by molar-refractivity contribution is 7.07. The van der Waals surface area contributed by atoms with Crippen LogP contribution in [0.1, 0.15) is 15.9 Å². The van der Waals surface area contributed by atoms with Gasteiger partial charge in [-0.1, -0.05) is 0 Å². The van der Waals surface area contributed by atoms with E-state index < -0.39 is 29.2 Å². The summed E-state index contributed by atoms with van der Waals surface area (Å²) in [6.07, 6.45) is 0. The number of rotatable bonds is 4. The fourth-order valence-corrected chi connectivity index (χ4v) is 2.24. The number of anilines is 1. The van der Waals surface area contributed by atoms with Crippen LogP contribution in [0.2, 0.25) is 0 Å². The molecule has 2 rings (SSSR count). The van der Waals surface area contributed by atoms with Gasteiger partial charge in [-0.15, -0.1) is 0 Å². The van der Waals surface area contributed by atoms with Crippen LogP contribution in [-0.2, 0) is 6.54 Å². The number of nitrogens with one attached hydrogen (secondary N) is 2. The van der Waals surface area contributed by atoms with E-state index in [0.29, 0.717) is 12.1 Å². The van der Waals surface area contributed by atoms with Gasteiger partial charge in [-0.3, -0.25) is 0 Å². The number of carboxylic acid groups (broad SMARTS) is 1. The Morgan fingerprint density at radius 1 is 1.24 bits per heavy atom. The molecule has 8 heteroatoms. The largest absolute Gasteiger partial charge is 0.478 e. The highest BCUT2D eigenvalue weighted by Gasteiger charge is 2.17. The minimum atomic E-state index is -1.47. The van der Waals surface area contributed by atoms with Crippen LogP contribution in [0.3, 0.4) is 0 Å². The van der Waals surface area contributed by atoms with Crippen LogP contribution >= 0.6 is 11.3 Å². The second kappa shape index (κ2) is 6.31. The van der Waals surface area contributed by atoms with Crippen LogP contribution in [0.15, 0.2) is 29.0 Å². The zero-order chi connectivity index (χ0) is 15.4. The topological polar surface area (TPSA) is 78.4 Å². The number of halogens is 2. The Labute approximate surface area is 122 Å². The Kier molecular flexibility index (Phi) is 4.49. The van der Waals surface area contributed by atoms with E-state index in [1.54, 1.807) is 0 Å². The maximum absolute atomic E-state index is 13.1. The fraction of sp³-hybridized carbons (Fsp3) is 0.0769. The van der Waals surface area contributed by atoms with Gasteiger partial charge in [0.05, 0.1) is 11.3 Å². The van der Waals surface area contributed by atoms with Gasteiger partial charge in [0, 0.05) is 12.6 Å². The van der Waals surface area contributed by atoms with Crippen molar-refractivity contribution in [2.75, 3.05) is 5.32 Å². The zero-order valence-electron chi connectivity index (χ0n) is 10.5. The lowest BCUT2D eigenvalue weighted by Crippen LogP contribution is -2.28. The Hall–Kier alpha value is -2.48. The van der Waals surface area contributed by atoms with Crippen LogP contribution in [0, 0.1) is 11.6 Å². The number of thiophene rings is 1. The fourth-order valence-electron chi connectivity index (χ4n) is 1.57. The van der Waals surface area contributed by atoms with Gasteiger partial charge >= 0.3 is 12.0 Å². The molecule has 0 aliphatic rings. The zero-order valence-corrected chi connectivity index (χ0v) is 11.3. The molecule has 0 saturated heterocycles. The number of hydrogen-bond donors (Lipinski definition) is 3. The first kappa shape index (κ1) is 14.9. The summed E-state index contributed by atoms with van der Waals surface area (Å²) in [4.78, 5) is 22.6. The van der Waals surface area contributed by atoms with E-state index >= 15 is 0 Å². The molecule has 0 unspecified atom stereocenters. The number of amides is 2. The van der Waals surface area contributed by atoms with Gasteiger partial charge in [0.15, 0.2) is 11.6 Å². The Morgan fingerprint density at radius 3 is 2.57 bits per heavy atom. The first-order chi connectivity index (χ1) is 9.97. The summed E-state index contributed by atoms with van der Waals surface area (Å²) in [6.45, 7) is 0.238. The van der Waals surface area contributed by atoms with Crippen molar-refractivity contribution in [3.05, 3.63) is 51.7 Å². The van der Waals surface area contributed by atoms with E-state index in [4.69, 9.17) is 5.11 Å². The van der Waals surface area contributed by atoms with Crippen LogP contribution in [0.5, 0.6) is 0 Å². The minimum absolute atomic E-state index is 0.238. The summed E-state index contributed by atoms with van der Waals surface area (Å²) >= 11 is 1.46. The molecule has 2 aromatic rings. The molecule has 3 N–H and O–H groups in total. The SMILES string of the molecule is O=C(NCc1ccsc1)Nc1cc(F)c(F)cc1C(=O)O. The molecule has 0 spiro atoms. The Morgan fingerprint density at radius 2 is 1.95 bits per heavy atom. The number of benzene rings is 1. The van der Waals surface area contributed by atoms with Crippen LogP contribution in [-0.4, -0.2) is 17.1 Å². The molecule has 0 fully saturated rings. The van der Waals surface area contributed by atoms with Crippen LogP contribution < -0.4 is 10.6 Å². The van der Waals surface area contributed by atoms with E-state index in [-0.39, 0.29) is 12.2 Å². The number of hydrogen-bond acceptors (Lipinski definition) is 3. The molecule has 1 heterocycles. The van der Waals surface area contributed by atoms with E-state index in [0.717, 1.165) is 5.56 Å². The second-order valence-electron chi connectivity index (χ2n) is 4.06. The van der Waals surface area contributed by atoms with Crippen molar-refractivity contribution < 1.29 is 23.5 Å². The lowest BCUT2D eigenvalue weighted by molar-refractivity contribution is 0.0697. The van der Waals surface area contributed by atoms with Gasteiger partial charge in [0.2, 0.25) is 0 Å². The van der Waals surface area contributed by atoms with Crippen LogP contribution in [0.25, 0.3) is 0 Å². The normalized spacial score (nSPS) is 10.2. The lowest BCUT2D eigenvalue weighted by atomic mass is 10.1. The summed E-state index contributed by atoms with van der Waals surface area (Å²) in [5.74, 6) is -4.01. The molecule has 5 nitrogen and oxygen atoms in total.